The second-order valence-electron chi connectivity index (χ2n) is 6.67. The minimum Gasteiger partial charge on any atom is -0.497 e. The van der Waals surface area contributed by atoms with Crippen LogP contribution in [-0.4, -0.2) is 53.9 Å². The molecule has 1 N–H and O–H groups in total. The van der Waals surface area contributed by atoms with E-state index in [1.54, 1.807) is 31.4 Å². The Balaban J connectivity index is 1.80. The number of hydrogen-bond acceptors (Lipinski definition) is 7. The van der Waals surface area contributed by atoms with E-state index in [9.17, 15) is 16.8 Å². The summed E-state index contributed by atoms with van der Waals surface area (Å²) >= 11 is 0. The first-order chi connectivity index (χ1) is 13.2. The molecule has 0 radical (unpaired) electrons. The van der Waals surface area contributed by atoms with Crippen molar-refractivity contribution in [2.75, 3.05) is 25.7 Å². The number of methoxy groups -OCH3 is 2. The molecule has 2 atom stereocenters. The van der Waals surface area contributed by atoms with Crippen LogP contribution in [0.15, 0.2) is 53.4 Å². The molecule has 0 spiro atoms. The Morgan fingerprint density at radius 2 is 1.46 bits per heavy atom. The average Bonchev–Trinajstić information content (AvgIpc) is 3.02. The summed E-state index contributed by atoms with van der Waals surface area (Å²) in [7, 11) is -4.20. The Kier molecular flexibility index (Phi) is 5.97. The van der Waals surface area contributed by atoms with Crippen LogP contribution in [0.4, 0.5) is 0 Å². The summed E-state index contributed by atoms with van der Waals surface area (Å²) in [6.07, 6.45) is 0. The standard InChI is InChI=1S/C19H23NO6S2/c1-25-15-5-3-14(4-6-15)11-20-18-12-27(21,22)13-19(18)28(23,24)17-9-7-16(26-2)8-10-17/h3-10,18-20H,11-13H2,1-2H3/t18-,19-/m0/s1. The van der Waals surface area contributed by atoms with Crippen molar-refractivity contribution in [3.63, 3.8) is 0 Å². The minimum absolute atomic E-state index is 0.0895. The number of hydrogen-bond donors (Lipinski definition) is 1. The number of nitrogens with one attached hydrogen (secondary N) is 1. The predicted molar refractivity (Wildman–Crippen MR) is 106 cm³/mol. The van der Waals surface area contributed by atoms with Crippen molar-refractivity contribution in [1.29, 1.82) is 0 Å². The van der Waals surface area contributed by atoms with Crippen LogP contribution in [0.3, 0.4) is 0 Å². The number of ether oxygens (including phenoxy) is 2. The summed E-state index contributed by atoms with van der Waals surface area (Å²) in [6, 6.07) is 12.6. The summed E-state index contributed by atoms with van der Waals surface area (Å²) in [4.78, 5) is 0.0895. The van der Waals surface area contributed by atoms with E-state index in [4.69, 9.17) is 9.47 Å². The third-order valence-electron chi connectivity index (χ3n) is 4.81. The first-order valence-corrected chi connectivity index (χ1v) is 12.1. The van der Waals surface area contributed by atoms with Gasteiger partial charge < -0.3 is 14.8 Å². The third kappa shape index (κ3) is 4.48. The van der Waals surface area contributed by atoms with Crippen LogP contribution < -0.4 is 14.8 Å². The highest BCUT2D eigenvalue weighted by Gasteiger charge is 2.45. The maximum Gasteiger partial charge on any atom is 0.183 e. The van der Waals surface area contributed by atoms with Crippen molar-refractivity contribution in [3.05, 3.63) is 54.1 Å². The molecule has 1 aliphatic rings. The summed E-state index contributed by atoms with van der Waals surface area (Å²) in [5, 5.41) is 2.08. The monoisotopic (exact) mass is 425 g/mol. The fraction of sp³-hybridized carbons (Fsp3) is 0.368. The molecule has 1 aliphatic heterocycles. The van der Waals surface area contributed by atoms with E-state index in [0.29, 0.717) is 18.0 Å². The first kappa shape index (κ1) is 20.6. The van der Waals surface area contributed by atoms with Gasteiger partial charge in [-0.25, -0.2) is 16.8 Å². The van der Waals surface area contributed by atoms with Crippen LogP contribution in [-0.2, 0) is 26.2 Å². The van der Waals surface area contributed by atoms with Gasteiger partial charge in [0.05, 0.1) is 35.9 Å². The van der Waals surface area contributed by atoms with Crippen LogP contribution in [0, 0.1) is 0 Å². The van der Waals surface area contributed by atoms with Gasteiger partial charge >= 0.3 is 0 Å². The zero-order chi connectivity index (χ0) is 20.4. The topological polar surface area (TPSA) is 98.8 Å². The van der Waals surface area contributed by atoms with E-state index in [1.807, 2.05) is 12.1 Å². The van der Waals surface area contributed by atoms with Gasteiger partial charge in [0.2, 0.25) is 0 Å². The molecule has 1 heterocycles. The van der Waals surface area contributed by atoms with Crippen LogP contribution >= 0.6 is 0 Å². The van der Waals surface area contributed by atoms with E-state index in [-0.39, 0.29) is 16.4 Å². The second-order valence-corrected chi connectivity index (χ2v) is 11.0. The van der Waals surface area contributed by atoms with Crippen LogP contribution in [0.25, 0.3) is 0 Å². The highest BCUT2D eigenvalue weighted by molar-refractivity contribution is 7.96. The average molecular weight is 426 g/mol. The van der Waals surface area contributed by atoms with Gasteiger partial charge in [0.25, 0.3) is 0 Å². The molecule has 0 aliphatic carbocycles. The molecule has 0 amide bonds. The Morgan fingerprint density at radius 3 is 2.00 bits per heavy atom. The molecule has 1 saturated heterocycles. The van der Waals surface area contributed by atoms with Crippen LogP contribution in [0.5, 0.6) is 11.5 Å². The normalized spacial score (nSPS) is 21.4. The molecule has 0 bridgehead atoms. The van der Waals surface area contributed by atoms with Gasteiger partial charge in [0.1, 0.15) is 11.5 Å². The van der Waals surface area contributed by atoms with E-state index < -0.39 is 31.0 Å². The van der Waals surface area contributed by atoms with Crippen LogP contribution in [0.2, 0.25) is 0 Å². The van der Waals surface area contributed by atoms with E-state index in [2.05, 4.69) is 5.32 Å². The summed E-state index contributed by atoms with van der Waals surface area (Å²) in [6.45, 7) is 0.360. The molecule has 2 aromatic carbocycles. The van der Waals surface area contributed by atoms with Gasteiger partial charge in [-0.2, -0.15) is 0 Å². The van der Waals surface area contributed by atoms with Crippen molar-refractivity contribution < 1.29 is 26.3 Å². The second kappa shape index (κ2) is 8.10. The lowest BCUT2D eigenvalue weighted by molar-refractivity contribution is 0.414. The zero-order valence-corrected chi connectivity index (χ0v) is 17.3. The van der Waals surface area contributed by atoms with Gasteiger partial charge in [-0.05, 0) is 42.0 Å². The molecular formula is C19H23NO6S2. The Labute approximate surface area is 165 Å². The van der Waals surface area contributed by atoms with E-state index in [0.717, 1.165) is 5.56 Å². The van der Waals surface area contributed by atoms with E-state index in [1.165, 1.54) is 19.2 Å². The van der Waals surface area contributed by atoms with Gasteiger partial charge in [-0.3, -0.25) is 0 Å². The van der Waals surface area contributed by atoms with Gasteiger partial charge in [-0.15, -0.1) is 0 Å². The molecule has 1 fully saturated rings. The minimum atomic E-state index is -3.82. The molecule has 3 rings (SSSR count). The quantitative estimate of drug-likeness (QED) is 0.716. The van der Waals surface area contributed by atoms with Crippen molar-refractivity contribution >= 4 is 19.7 Å². The lowest BCUT2D eigenvalue weighted by atomic mass is 10.2. The maximum absolute atomic E-state index is 13.1. The number of sulfone groups is 2. The molecule has 0 aromatic heterocycles. The Hall–Kier alpha value is -2.10. The maximum atomic E-state index is 13.1. The molecule has 152 valence electrons. The molecule has 2 aromatic rings. The summed E-state index contributed by atoms with van der Waals surface area (Å²) in [5.74, 6) is 0.657. The fourth-order valence-electron chi connectivity index (χ4n) is 3.24. The zero-order valence-electron chi connectivity index (χ0n) is 15.7. The lowest BCUT2D eigenvalue weighted by Crippen LogP contribution is -2.43. The molecule has 7 nitrogen and oxygen atoms in total. The summed E-state index contributed by atoms with van der Waals surface area (Å²) in [5.41, 5.74) is 0.908. The largest absolute Gasteiger partial charge is 0.497 e. The lowest BCUT2D eigenvalue weighted by Gasteiger charge is -2.20. The van der Waals surface area contributed by atoms with Crippen LogP contribution in [0.1, 0.15) is 5.56 Å². The molecule has 0 saturated carbocycles. The molecule has 9 heteroatoms. The van der Waals surface area contributed by atoms with Gasteiger partial charge in [-0.1, -0.05) is 12.1 Å². The molecule has 28 heavy (non-hydrogen) atoms. The Bertz CT molecular complexity index is 1020. The highest BCUT2D eigenvalue weighted by atomic mass is 32.2. The first-order valence-electron chi connectivity index (χ1n) is 8.70. The smallest absolute Gasteiger partial charge is 0.183 e. The fourth-order valence-corrected chi connectivity index (χ4v) is 7.96. The van der Waals surface area contributed by atoms with Crippen molar-refractivity contribution in [1.82, 2.24) is 5.32 Å². The SMILES string of the molecule is COc1ccc(CN[C@H]2CS(=O)(=O)C[C@@H]2S(=O)(=O)c2ccc(OC)cc2)cc1. The highest BCUT2D eigenvalue weighted by Crippen LogP contribution is 2.27. The van der Waals surface area contributed by atoms with Crippen molar-refractivity contribution in [2.45, 2.75) is 22.7 Å². The predicted octanol–water partition coefficient (Wildman–Crippen LogP) is 1.43. The molecular weight excluding hydrogens is 402 g/mol. The van der Waals surface area contributed by atoms with Crippen molar-refractivity contribution in [3.8, 4) is 11.5 Å². The summed E-state index contributed by atoms with van der Waals surface area (Å²) < 4.78 is 60.7. The number of benzene rings is 2. The Morgan fingerprint density at radius 1 is 0.929 bits per heavy atom. The van der Waals surface area contributed by atoms with Gasteiger partial charge in [0.15, 0.2) is 19.7 Å². The molecule has 0 unspecified atom stereocenters. The number of rotatable bonds is 7. The van der Waals surface area contributed by atoms with Gasteiger partial charge in [0, 0.05) is 12.6 Å². The van der Waals surface area contributed by atoms with E-state index >= 15 is 0 Å². The van der Waals surface area contributed by atoms with Crippen molar-refractivity contribution in [2.24, 2.45) is 0 Å². The third-order valence-corrected chi connectivity index (χ3v) is 8.98.